The van der Waals surface area contributed by atoms with Crippen molar-refractivity contribution < 1.29 is 8.42 Å². The summed E-state index contributed by atoms with van der Waals surface area (Å²) in [6, 6.07) is 1.32. The highest BCUT2D eigenvalue weighted by Gasteiger charge is 2.29. The van der Waals surface area contributed by atoms with E-state index in [-0.39, 0.29) is 22.0 Å². The quantitative estimate of drug-likeness (QED) is 0.695. The normalized spacial score (nSPS) is 20.0. The molecule has 0 aromatic carbocycles. The van der Waals surface area contributed by atoms with Gasteiger partial charge in [-0.15, -0.1) is 0 Å². The van der Waals surface area contributed by atoms with Gasteiger partial charge in [-0.2, -0.15) is 4.31 Å². The minimum absolute atomic E-state index is 0.0520. The summed E-state index contributed by atoms with van der Waals surface area (Å²) in [4.78, 5) is 29.6. The molecule has 1 unspecified atom stereocenters. The summed E-state index contributed by atoms with van der Waals surface area (Å²) in [5.41, 5.74) is -1.10. The molecule has 0 radical (unpaired) electrons. The Balaban J connectivity index is 2.13. The van der Waals surface area contributed by atoms with Gasteiger partial charge in [0.25, 0.3) is 5.56 Å². The molecule has 1 aliphatic rings. The molecule has 0 aliphatic carbocycles. The lowest BCUT2D eigenvalue weighted by Gasteiger charge is -2.30. The van der Waals surface area contributed by atoms with Gasteiger partial charge in [0.1, 0.15) is 10.5 Å². The molecule has 2 N–H and O–H groups in total. The number of hydrogen-bond donors (Lipinski definition) is 2. The van der Waals surface area contributed by atoms with Gasteiger partial charge in [0.15, 0.2) is 0 Å². The van der Waals surface area contributed by atoms with Gasteiger partial charge >= 0.3 is 5.69 Å². The Morgan fingerprint density at radius 3 is 2.78 bits per heavy atom. The Labute approximate surface area is 132 Å². The third-order valence-electron chi connectivity index (χ3n) is 3.90. The van der Waals surface area contributed by atoms with Crippen molar-refractivity contribution in [2.24, 2.45) is 7.05 Å². The maximum absolute atomic E-state index is 12.7. The number of aromatic nitrogens is 3. The number of aryl methyl sites for hydroxylation is 1. The first kappa shape index (κ1) is 15.8. The lowest BCUT2D eigenvalue weighted by Crippen LogP contribution is -2.51. The molecule has 2 aromatic rings. The van der Waals surface area contributed by atoms with Crippen LogP contribution in [-0.4, -0.2) is 52.9 Å². The highest BCUT2D eigenvalue weighted by Crippen LogP contribution is 2.18. The number of nitrogens with one attached hydrogen (secondary N) is 2. The summed E-state index contributed by atoms with van der Waals surface area (Å²) in [5.74, 6) is 0. The van der Waals surface area contributed by atoms with Crippen molar-refractivity contribution in [3.8, 4) is 0 Å². The van der Waals surface area contributed by atoms with E-state index >= 15 is 0 Å². The monoisotopic (exact) mass is 339 g/mol. The number of rotatable bonds is 2. The summed E-state index contributed by atoms with van der Waals surface area (Å²) in [6.07, 6.45) is 1.18. The Hall–Kier alpha value is -2.04. The zero-order valence-electron chi connectivity index (χ0n) is 12.7. The van der Waals surface area contributed by atoms with E-state index in [1.54, 1.807) is 0 Å². The highest BCUT2D eigenvalue weighted by atomic mass is 32.2. The minimum atomic E-state index is -3.74. The number of pyridine rings is 1. The van der Waals surface area contributed by atoms with E-state index in [0.29, 0.717) is 19.6 Å². The van der Waals surface area contributed by atoms with E-state index in [1.165, 1.54) is 28.2 Å². The van der Waals surface area contributed by atoms with Crippen molar-refractivity contribution in [3.63, 3.8) is 0 Å². The third kappa shape index (κ3) is 2.69. The molecular formula is C13H17N5O4S. The number of fused-ring (bicyclic) bond motifs is 1. The van der Waals surface area contributed by atoms with Crippen molar-refractivity contribution in [3.05, 3.63) is 33.1 Å². The SMILES string of the molecule is CC1CN(S(=O)(=O)c2cnc3c(c2)c(=O)[nH]c(=O)n3C)CCN1. The molecule has 1 fully saturated rings. The first-order valence-corrected chi connectivity index (χ1v) is 8.57. The number of H-pyrrole nitrogens is 1. The smallest absolute Gasteiger partial charge is 0.312 e. The van der Waals surface area contributed by atoms with Gasteiger partial charge in [-0.1, -0.05) is 0 Å². The van der Waals surface area contributed by atoms with Crippen LogP contribution in [0.1, 0.15) is 6.92 Å². The Morgan fingerprint density at radius 1 is 1.35 bits per heavy atom. The largest absolute Gasteiger partial charge is 0.329 e. The van der Waals surface area contributed by atoms with Crippen molar-refractivity contribution in [1.29, 1.82) is 0 Å². The van der Waals surface area contributed by atoms with E-state index in [1.807, 2.05) is 6.92 Å². The van der Waals surface area contributed by atoms with Crippen LogP contribution >= 0.6 is 0 Å². The molecule has 124 valence electrons. The summed E-state index contributed by atoms with van der Waals surface area (Å²) < 4.78 is 28.0. The fourth-order valence-electron chi connectivity index (χ4n) is 2.62. The van der Waals surface area contributed by atoms with Crippen LogP contribution in [0.2, 0.25) is 0 Å². The fraction of sp³-hybridized carbons (Fsp3) is 0.462. The van der Waals surface area contributed by atoms with Gasteiger partial charge < -0.3 is 5.32 Å². The number of hydrogen-bond acceptors (Lipinski definition) is 6. The van der Waals surface area contributed by atoms with E-state index in [9.17, 15) is 18.0 Å². The summed E-state index contributed by atoms with van der Waals surface area (Å²) in [5, 5.41) is 3.24. The molecule has 2 aromatic heterocycles. The Kier molecular flexibility index (Phi) is 3.82. The van der Waals surface area contributed by atoms with Crippen molar-refractivity contribution in [1.82, 2.24) is 24.2 Å². The molecule has 1 saturated heterocycles. The van der Waals surface area contributed by atoms with Crippen LogP contribution in [0, 0.1) is 0 Å². The first-order valence-electron chi connectivity index (χ1n) is 7.13. The van der Waals surface area contributed by atoms with E-state index in [0.717, 1.165) is 0 Å². The van der Waals surface area contributed by atoms with Crippen molar-refractivity contribution >= 4 is 21.1 Å². The number of sulfonamides is 1. The second-order valence-electron chi connectivity index (χ2n) is 5.58. The zero-order valence-corrected chi connectivity index (χ0v) is 13.6. The van der Waals surface area contributed by atoms with Gasteiger partial charge in [0, 0.05) is 38.9 Å². The second-order valence-corrected chi connectivity index (χ2v) is 7.52. The van der Waals surface area contributed by atoms with Gasteiger partial charge in [-0.05, 0) is 13.0 Å². The molecule has 10 heteroatoms. The molecule has 3 heterocycles. The molecule has 1 atom stereocenters. The van der Waals surface area contributed by atoms with Gasteiger partial charge in [0.05, 0.1) is 5.39 Å². The predicted molar refractivity (Wildman–Crippen MR) is 83.8 cm³/mol. The minimum Gasteiger partial charge on any atom is -0.312 e. The lowest BCUT2D eigenvalue weighted by atomic mass is 10.3. The number of aromatic amines is 1. The molecule has 3 rings (SSSR count). The molecule has 23 heavy (non-hydrogen) atoms. The number of piperazine rings is 1. The molecule has 0 bridgehead atoms. The molecule has 0 amide bonds. The fourth-order valence-corrected chi connectivity index (χ4v) is 4.12. The first-order chi connectivity index (χ1) is 10.8. The molecule has 0 saturated carbocycles. The van der Waals surface area contributed by atoms with Gasteiger partial charge in [0.2, 0.25) is 10.0 Å². The van der Waals surface area contributed by atoms with Crippen LogP contribution in [0.25, 0.3) is 11.0 Å². The zero-order chi connectivity index (χ0) is 16.8. The van der Waals surface area contributed by atoms with Gasteiger partial charge in [-0.25, -0.2) is 18.2 Å². The van der Waals surface area contributed by atoms with Crippen LogP contribution in [-0.2, 0) is 17.1 Å². The number of nitrogens with zero attached hydrogens (tertiary/aromatic N) is 3. The summed E-state index contributed by atoms with van der Waals surface area (Å²) in [7, 11) is -2.28. The molecule has 1 aliphatic heterocycles. The third-order valence-corrected chi connectivity index (χ3v) is 5.73. The average molecular weight is 339 g/mol. The van der Waals surface area contributed by atoms with Crippen molar-refractivity contribution in [2.45, 2.75) is 17.9 Å². The molecule has 0 spiro atoms. The predicted octanol–water partition coefficient (Wildman–Crippen LogP) is -1.40. The van der Waals surface area contributed by atoms with Crippen LogP contribution in [0.4, 0.5) is 0 Å². The van der Waals surface area contributed by atoms with E-state index in [4.69, 9.17) is 0 Å². The summed E-state index contributed by atoms with van der Waals surface area (Å²) in [6.45, 7) is 3.18. The van der Waals surface area contributed by atoms with Gasteiger partial charge in [-0.3, -0.25) is 14.3 Å². The van der Waals surface area contributed by atoms with Crippen LogP contribution in [0.3, 0.4) is 0 Å². The maximum atomic E-state index is 12.7. The average Bonchev–Trinajstić information content (AvgIpc) is 2.52. The maximum Gasteiger partial charge on any atom is 0.329 e. The van der Waals surface area contributed by atoms with Crippen molar-refractivity contribution in [2.75, 3.05) is 19.6 Å². The van der Waals surface area contributed by atoms with E-state index < -0.39 is 21.3 Å². The lowest BCUT2D eigenvalue weighted by molar-refractivity contribution is 0.310. The molecule has 9 nitrogen and oxygen atoms in total. The van der Waals surface area contributed by atoms with E-state index in [2.05, 4.69) is 15.3 Å². The Bertz CT molecular complexity index is 978. The topological polar surface area (TPSA) is 117 Å². The highest BCUT2D eigenvalue weighted by molar-refractivity contribution is 7.89. The van der Waals surface area contributed by atoms with Crippen LogP contribution in [0.5, 0.6) is 0 Å². The second kappa shape index (κ2) is 5.55. The van der Waals surface area contributed by atoms with Crippen LogP contribution < -0.4 is 16.6 Å². The van der Waals surface area contributed by atoms with Crippen LogP contribution in [0.15, 0.2) is 26.7 Å². The Morgan fingerprint density at radius 2 is 2.09 bits per heavy atom. The summed E-state index contributed by atoms with van der Waals surface area (Å²) >= 11 is 0. The molecular weight excluding hydrogens is 322 g/mol. The standard InChI is InChI=1S/C13H17N5O4S/c1-8-7-18(4-3-14-8)23(21,22)9-5-10-11(15-6-9)17(2)13(20)16-12(10)19/h5-6,8,14H,3-4,7H2,1-2H3,(H,16,19,20).